The van der Waals surface area contributed by atoms with Crippen molar-refractivity contribution in [1.82, 2.24) is 19.7 Å². The number of aliphatic carboxylic acids is 1. The second-order valence-electron chi connectivity index (χ2n) is 5.76. The number of rotatable bonds is 2. The number of aromatic nitrogens is 3. The van der Waals surface area contributed by atoms with Gasteiger partial charge in [-0.3, -0.25) is 4.79 Å². The summed E-state index contributed by atoms with van der Waals surface area (Å²) in [5.74, 6) is 1.36. The molecule has 104 valence electrons. The van der Waals surface area contributed by atoms with Gasteiger partial charge in [0.2, 0.25) is 0 Å². The van der Waals surface area contributed by atoms with Gasteiger partial charge in [-0.05, 0) is 32.9 Å². The van der Waals surface area contributed by atoms with Crippen LogP contribution in [-0.2, 0) is 17.8 Å². The molecule has 0 aliphatic carbocycles. The van der Waals surface area contributed by atoms with Crippen LogP contribution in [0.2, 0.25) is 0 Å². The van der Waals surface area contributed by atoms with Crippen molar-refractivity contribution in [3.8, 4) is 0 Å². The monoisotopic (exact) mass is 264 g/mol. The third kappa shape index (κ3) is 2.36. The molecule has 2 aliphatic heterocycles. The lowest BCUT2D eigenvalue weighted by Gasteiger charge is -2.30. The van der Waals surface area contributed by atoms with E-state index in [1.165, 1.54) is 6.42 Å². The summed E-state index contributed by atoms with van der Waals surface area (Å²) in [6.07, 6.45) is 3.70. The topological polar surface area (TPSA) is 71.2 Å². The highest BCUT2D eigenvalue weighted by Crippen LogP contribution is 2.28. The van der Waals surface area contributed by atoms with Crippen LogP contribution in [0.25, 0.3) is 0 Å². The largest absolute Gasteiger partial charge is 0.481 e. The average Bonchev–Trinajstić information content (AvgIpc) is 2.81. The van der Waals surface area contributed by atoms with Crippen LogP contribution >= 0.6 is 0 Å². The molecule has 1 aromatic rings. The molecule has 1 N–H and O–H groups in total. The number of hydrogen-bond acceptors (Lipinski definition) is 4. The van der Waals surface area contributed by atoms with Crippen molar-refractivity contribution in [3.63, 3.8) is 0 Å². The molecule has 1 saturated heterocycles. The molecule has 6 heteroatoms. The molecule has 2 unspecified atom stereocenters. The fraction of sp³-hybridized carbons (Fsp3) is 0.769. The summed E-state index contributed by atoms with van der Waals surface area (Å²) in [7, 11) is 2.12. The lowest BCUT2D eigenvalue weighted by molar-refractivity contribution is -0.142. The first kappa shape index (κ1) is 12.6. The van der Waals surface area contributed by atoms with Crippen LogP contribution in [0.4, 0.5) is 0 Å². The number of carboxylic acids is 1. The third-order valence-corrected chi connectivity index (χ3v) is 4.31. The van der Waals surface area contributed by atoms with Crippen LogP contribution in [0.15, 0.2) is 0 Å². The summed E-state index contributed by atoms with van der Waals surface area (Å²) < 4.78 is 2.06. The van der Waals surface area contributed by atoms with Crippen LogP contribution in [0.1, 0.15) is 36.8 Å². The third-order valence-electron chi connectivity index (χ3n) is 4.31. The van der Waals surface area contributed by atoms with E-state index in [9.17, 15) is 9.90 Å². The van der Waals surface area contributed by atoms with Crippen molar-refractivity contribution < 1.29 is 9.90 Å². The Morgan fingerprint density at radius 2 is 2.16 bits per heavy atom. The number of fused-ring (bicyclic) bond motifs is 1. The fourth-order valence-electron chi connectivity index (χ4n) is 3.23. The molecular weight excluding hydrogens is 244 g/mol. The highest BCUT2D eigenvalue weighted by atomic mass is 16.4. The Morgan fingerprint density at radius 3 is 2.89 bits per heavy atom. The predicted molar refractivity (Wildman–Crippen MR) is 68.9 cm³/mol. The highest BCUT2D eigenvalue weighted by molar-refractivity contribution is 5.70. The molecule has 3 heterocycles. The van der Waals surface area contributed by atoms with E-state index in [0.717, 1.165) is 37.6 Å². The molecule has 6 nitrogen and oxygen atoms in total. The Labute approximate surface area is 112 Å². The maximum Gasteiger partial charge on any atom is 0.308 e. The Balaban J connectivity index is 1.84. The van der Waals surface area contributed by atoms with Gasteiger partial charge in [-0.2, -0.15) is 0 Å². The van der Waals surface area contributed by atoms with Crippen LogP contribution in [0.3, 0.4) is 0 Å². The molecule has 0 amide bonds. The summed E-state index contributed by atoms with van der Waals surface area (Å²) in [4.78, 5) is 13.5. The molecule has 0 spiro atoms. The van der Waals surface area contributed by atoms with Gasteiger partial charge in [0.25, 0.3) is 0 Å². The molecule has 3 rings (SSSR count). The zero-order valence-corrected chi connectivity index (χ0v) is 11.2. The van der Waals surface area contributed by atoms with E-state index in [0.29, 0.717) is 18.9 Å². The van der Waals surface area contributed by atoms with Crippen molar-refractivity contribution in [2.75, 3.05) is 20.1 Å². The van der Waals surface area contributed by atoms with E-state index >= 15 is 0 Å². The van der Waals surface area contributed by atoms with E-state index in [4.69, 9.17) is 0 Å². The molecule has 2 atom stereocenters. The van der Waals surface area contributed by atoms with Crippen LogP contribution in [-0.4, -0.2) is 50.9 Å². The number of likely N-dealkylation sites (N-methyl/N-ethyl adjacent to an activating group) is 1. The number of nitrogens with zero attached hydrogens (tertiary/aromatic N) is 4. The lowest BCUT2D eigenvalue weighted by atomic mass is 9.95. The van der Waals surface area contributed by atoms with E-state index in [1.807, 2.05) is 0 Å². The Bertz CT molecular complexity index is 485. The Kier molecular flexibility index (Phi) is 3.26. The minimum absolute atomic E-state index is 0.288. The standard InChI is InChI=1S/C13H20N4O2/c1-16-6-2-3-9(7-16)12-15-14-11-5-4-10(13(18)19)8-17(11)12/h9-10H,2-8H2,1H3,(H,18,19). The summed E-state index contributed by atoms with van der Waals surface area (Å²) in [6.45, 7) is 2.67. The van der Waals surface area contributed by atoms with Crippen molar-refractivity contribution in [1.29, 1.82) is 0 Å². The highest BCUT2D eigenvalue weighted by Gasteiger charge is 2.31. The molecule has 0 radical (unpaired) electrons. The molecule has 1 aromatic heterocycles. The Hall–Kier alpha value is -1.43. The maximum atomic E-state index is 11.2. The zero-order valence-electron chi connectivity index (χ0n) is 11.2. The smallest absolute Gasteiger partial charge is 0.308 e. The van der Waals surface area contributed by atoms with Crippen LogP contribution in [0, 0.1) is 5.92 Å². The van der Waals surface area contributed by atoms with Crippen molar-refractivity contribution in [2.45, 2.75) is 38.1 Å². The molecule has 1 fully saturated rings. The van der Waals surface area contributed by atoms with Gasteiger partial charge in [-0.15, -0.1) is 10.2 Å². The second kappa shape index (κ2) is 4.92. The van der Waals surface area contributed by atoms with Crippen LogP contribution < -0.4 is 0 Å². The van der Waals surface area contributed by atoms with Crippen LogP contribution in [0.5, 0.6) is 0 Å². The van der Waals surface area contributed by atoms with Gasteiger partial charge in [-0.25, -0.2) is 0 Å². The van der Waals surface area contributed by atoms with Gasteiger partial charge in [-0.1, -0.05) is 0 Å². The van der Waals surface area contributed by atoms with Gasteiger partial charge in [0.05, 0.1) is 5.92 Å². The Morgan fingerprint density at radius 1 is 1.32 bits per heavy atom. The van der Waals surface area contributed by atoms with Gasteiger partial charge < -0.3 is 14.6 Å². The first-order valence-corrected chi connectivity index (χ1v) is 6.98. The van der Waals surface area contributed by atoms with Gasteiger partial charge in [0.1, 0.15) is 11.6 Å². The molecule has 19 heavy (non-hydrogen) atoms. The second-order valence-corrected chi connectivity index (χ2v) is 5.76. The van der Waals surface area contributed by atoms with Crippen molar-refractivity contribution in [3.05, 3.63) is 11.6 Å². The summed E-state index contributed by atoms with van der Waals surface area (Å²) in [5.41, 5.74) is 0. The SMILES string of the molecule is CN1CCCC(c2nnc3n2CC(C(=O)O)CC3)C1. The first-order valence-electron chi connectivity index (χ1n) is 6.98. The number of carbonyl (C=O) groups is 1. The molecular formula is C13H20N4O2. The van der Waals surface area contributed by atoms with E-state index < -0.39 is 5.97 Å². The van der Waals surface area contributed by atoms with E-state index in [-0.39, 0.29) is 5.92 Å². The number of likely N-dealkylation sites (tertiary alicyclic amines) is 1. The first-order chi connectivity index (χ1) is 9.15. The number of hydrogen-bond donors (Lipinski definition) is 1. The van der Waals surface area contributed by atoms with E-state index in [1.54, 1.807) is 0 Å². The normalized spacial score (nSPS) is 28.1. The van der Waals surface area contributed by atoms with Crippen molar-refractivity contribution >= 4 is 5.97 Å². The van der Waals surface area contributed by atoms with Crippen molar-refractivity contribution in [2.24, 2.45) is 5.92 Å². The average molecular weight is 264 g/mol. The predicted octanol–water partition coefficient (Wildman–Crippen LogP) is 0.734. The minimum atomic E-state index is -0.703. The zero-order chi connectivity index (χ0) is 13.4. The number of carboxylic acid groups (broad SMARTS) is 1. The quantitative estimate of drug-likeness (QED) is 0.853. The fourth-order valence-corrected chi connectivity index (χ4v) is 3.23. The summed E-state index contributed by atoms with van der Waals surface area (Å²) >= 11 is 0. The van der Waals surface area contributed by atoms with E-state index in [2.05, 4.69) is 26.7 Å². The van der Waals surface area contributed by atoms with Gasteiger partial charge in [0, 0.05) is 25.4 Å². The molecule has 0 bridgehead atoms. The summed E-state index contributed by atoms with van der Waals surface area (Å²) in [6, 6.07) is 0. The molecule has 0 saturated carbocycles. The number of piperidine rings is 1. The minimum Gasteiger partial charge on any atom is -0.481 e. The maximum absolute atomic E-state index is 11.2. The molecule has 2 aliphatic rings. The summed E-state index contributed by atoms with van der Waals surface area (Å²) in [5, 5.41) is 17.8. The number of aryl methyl sites for hydroxylation is 1. The molecule has 0 aromatic carbocycles. The lowest BCUT2D eigenvalue weighted by Crippen LogP contribution is -2.34. The van der Waals surface area contributed by atoms with Gasteiger partial charge >= 0.3 is 5.97 Å². The van der Waals surface area contributed by atoms with Gasteiger partial charge in [0.15, 0.2) is 0 Å².